The summed E-state index contributed by atoms with van der Waals surface area (Å²) in [4.78, 5) is 26.6. The van der Waals surface area contributed by atoms with E-state index in [1.54, 1.807) is 56.3 Å². The Kier molecular flexibility index (Phi) is 15.3. The number of aryl methyl sites for hydroxylation is 2. The number of carbonyl (C=O) groups is 2. The monoisotopic (exact) mass is 878 g/mol. The molecule has 16 heteroatoms. The number of fused-ring (bicyclic) bond motifs is 2. The molecule has 0 saturated heterocycles. The zero-order chi connectivity index (χ0) is 35.9. The molecular weight excluding hydrogens is 836 g/mol. The van der Waals surface area contributed by atoms with Crippen molar-refractivity contribution in [1.82, 2.24) is 19.7 Å². The highest BCUT2D eigenvalue weighted by atomic mass is 79.9. The average molecular weight is 881 g/mol. The molecule has 2 heterocycles. The molecule has 6 N–H and O–H groups in total. The number of anilines is 2. The molecule has 0 atom stereocenters. The van der Waals surface area contributed by atoms with Crippen LogP contribution in [0.3, 0.4) is 0 Å². The molecule has 0 radical (unpaired) electrons. The van der Waals surface area contributed by atoms with Crippen LogP contribution < -0.4 is 25.8 Å². The third-order valence-electron chi connectivity index (χ3n) is 8.47. The van der Waals surface area contributed by atoms with Crippen LogP contribution in [0.15, 0.2) is 94.7 Å². The number of halogens is 2. The molecule has 0 bridgehead atoms. The lowest BCUT2D eigenvalue weighted by Gasteiger charge is -2.20. The van der Waals surface area contributed by atoms with Crippen LogP contribution in [0.1, 0.15) is 33.4 Å². The summed E-state index contributed by atoms with van der Waals surface area (Å²) >= 11 is 0. The number of rotatable bonds is 5. The molecule has 52 heavy (non-hydrogen) atoms. The number of hydrogen-bond acceptors (Lipinski definition) is 8. The van der Waals surface area contributed by atoms with Crippen LogP contribution in [0.4, 0.5) is 21.0 Å². The maximum absolute atomic E-state index is 12.8. The summed E-state index contributed by atoms with van der Waals surface area (Å²) in [5.41, 5.74) is 13.2. The van der Waals surface area contributed by atoms with Crippen molar-refractivity contribution in [3.63, 3.8) is 0 Å². The van der Waals surface area contributed by atoms with Crippen molar-refractivity contribution in [2.75, 3.05) is 37.2 Å². The van der Waals surface area contributed by atoms with E-state index in [1.807, 2.05) is 10.8 Å². The van der Waals surface area contributed by atoms with Crippen molar-refractivity contribution < 1.29 is 26.4 Å². The van der Waals surface area contributed by atoms with Gasteiger partial charge in [0.1, 0.15) is 0 Å². The summed E-state index contributed by atoms with van der Waals surface area (Å²) in [7, 11) is -8.06. The zero-order valence-corrected chi connectivity index (χ0v) is 33.9. The second kappa shape index (κ2) is 18.7. The number of sulfonamides is 2. The molecule has 0 aromatic heterocycles. The van der Waals surface area contributed by atoms with E-state index < -0.39 is 32.1 Å². The summed E-state index contributed by atoms with van der Waals surface area (Å²) in [5, 5.41) is 5.91. The topological polar surface area (TPSA) is 180 Å². The van der Waals surface area contributed by atoms with Crippen LogP contribution in [0.2, 0.25) is 0 Å². The zero-order valence-electron chi connectivity index (χ0n) is 28.8. The van der Waals surface area contributed by atoms with E-state index in [0.717, 1.165) is 53.9 Å². The summed E-state index contributed by atoms with van der Waals surface area (Å²) in [6.45, 7) is 6.27. The summed E-state index contributed by atoms with van der Waals surface area (Å²) < 4.78 is 54.5. The van der Waals surface area contributed by atoms with Gasteiger partial charge in [0.15, 0.2) is 0 Å². The Morgan fingerprint density at radius 2 is 1.17 bits per heavy atom. The molecule has 0 spiro atoms. The Labute approximate surface area is 326 Å². The number of amides is 4. The third-order valence-corrected chi connectivity index (χ3v) is 11.1. The molecule has 0 unspecified atom stereocenters. The molecule has 0 fully saturated rings. The third kappa shape index (κ3) is 11.5. The van der Waals surface area contributed by atoms with E-state index in [4.69, 9.17) is 5.73 Å². The minimum Gasteiger partial charge on any atom is -0.399 e. The quantitative estimate of drug-likeness (QED) is 0.165. The maximum atomic E-state index is 12.8. The Balaban J connectivity index is 0.000000439. The van der Waals surface area contributed by atoms with Gasteiger partial charge in [-0.2, -0.15) is 0 Å². The number of benzene rings is 4. The van der Waals surface area contributed by atoms with Crippen molar-refractivity contribution in [2.24, 2.45) is 0 Å². The fourth-order valence-corrected chi connectivity index (χ4v) is 7.93. The fraction of sp³-hybridized carbons (Fsp3) is 0.278. The van der Waals surface area contributed by atoms with Crippen molar-refractivity contribution in [3.05, 3.63) is 118 Å². The van der Waals surface area contributed by atoms with Crippen molar-refractivity contribution >= 4 is 77.4 Å². The first kappa shape index (κ1) is 42.5. The number of nitrogens with one attached hydrogen (secondary N) is 4. The molecule has 0 aliphatic carbocycles. The number of urea groups is 2. The normalized spacial score (nSPS) is 13.8. The Morgan fingerprint density at radius 3 is 1.79 bits per heavy atom. The van der Waals surface area contributed by atoms with E-state index in [9.17, 15) is 26.4 Å². The highest BCUT2D eigenvalue weighted by Crippen LogP contribution is 2.22. The SMILES string of the molecule is Br.Br.Cc1cccc(S(=O)(=O)NC(=O)Nc2ccc3c(c2)CCN(C(=O)NS(=O)(=O)c2cccc(C)c2)CC3)c1.Nc1ccc2c(c1)CCNCC2. The lowest BCUT2D eigenvalue weighted by Crippen LogP contribution is -2.43. The fourth-order valence-electron chi connectivity index (χ4n) is 5.84. The van der Waals surface area contributed by atoms with Crippen molar-refractivity contribution in [1.29, 1.82) is 0 Å². The van der Waals surface area contributed by atoms with E-state index in [0.29, 0.717) is 25.1 Å². The average Bonchev–Trinajstić information content (AvgIpc) is 3.43. The van der Waals surface area contributed by atoms with Gasteiger partial charge in [-0.05, 0) is 135 Å². The number of nitrogen functional groups attached to an aromatic ring is 1. The molecular formula is C36H44Br2N6O6S2. The van der Waals surface area contributed by atoms with Gasteiger partial charge in [0, 0.05) is 24.5 Å². The second-order valence-corrected chi connectivity index (χ2v) is 15.7. The highest BCUT2D eigenvalue weighted by molar-refractivity contribution is 8.93. The van der Waals surface area contributed by atoms with Crippen LogP contribution >= 0.6 is 34.0 Å². The number of nitrogens with two attached hydrogens (primary N) is 1. The van der Waals surface area contributed by atoms with E-state index in [2.05, 4.69) is 27.5 Å². The first-order valence-corrected chi connectivity index (χ1v) is 19.2. The van der Waals surface area contributed by atoms with Gasteiger partial charge >= 0.3 is 12.1 Å². The molecule has 2 aliphatic heterocycles. The molecule has 6 rings (SSSR count). The first-order chi connectivity index (χ1) is 23.8. The van der Waals surface area contributed by atoms with Gasteiger partial charge in [0.05, 0.1) is 9.79 Å². The summed E-state index contributed by atoms with van der Waals surface area (Å²) in [6, 6.07) is 22.3. The summed E-state index contributed by atoms with van der Waals surface area (Å²) in [6.07, 6.45) is 3.16. The predicted octanol–water partition coefficient (Wildman–Crippen LogP) is 5.43. The van der Waals surface area contributed by atoms with Gasteiger partial charge < -0.3 is 21.3 Å². The van der Waals surface area contributed by atoms with Crippen LogP contribution in [-0.4, -0.2) is 60.0 Å². The predicted molar refractivity (Wildman–Crippen MR) is 215 cm³/mol. The standard InChI is InChI=1S/C26H28N4O6S2.C10H14N2.2BrH/c1-18-5-3-7-23(15-18)37(33,34)28-25(31)27-22-10-9-20-11-13-30(14-12-21(20)17-22)26(32)29-38(35,36)24-8-4-6-19(2)16-24;11-10-2-1-8-3-5-12-6-4-9(8)7-10;;/h3-10,15-17H,11-14H2,1-2H3,(H,29,32)(H2,27,28,31);1-2,7,12H,3-6,11H2;2*1H. The van der Waals surface area contributed by atoms with Gasteiger partial charge in [-0.15, -0.1) is 34.0 Å². The van der Waals surface area contributed by atoms with E-state index in [1.165, 1.54) is 40.3 Å². The highest BCUT2D eigenvalue weighted by Gasteiger charge is 2.25. The van der Waals surface area contributed by atoms with Gasteiger partial charge in [-0.25, -0.2) is 35.9 Å². The second-order valence-electron chi connectivity index (χ2n) is 12.4. The van der Waals surface area contributed by atoms with Crippen LogP contribution in [0.5, 0.6) is 0 Å². The van der Waals surface area contributed by atoms with Crippen molar-refractivity contribution in [2.45, 2.75) is 49.3 Å². The minimum absolute atomic E-state index is 0. The van der Waals surface area contributed by atoms with E-state index >= 15 is 0 Å². The largest absolute Gasteiger partial charge is 0.399 e. The molecule has 4 aromatic rings. The van der Waals surface area contributed by atoms with Crippen LogP contribution in [0, 0.1) is 13.8 Å². The van der Waals surface area contributed by atoms with Gasteiger partial charge in [-0.1, -0.05) is 36.4 Å². The summed E-state index contributed by atoms with van der Waals surface area (Å²) in [5.74, 6) is 0. The van der Waals surface area contributed by atoms with Gasteiger partial charge in [0.25, 0.3) is 20.0 Å². The lowest BCUT2D eigenvalue weighted by molar-refractivity contribution is 0.206. The molecule has 280 valence electrons. The molecule has 4 aromatic carbocycles. The number of carbonyl (C=O) groups excluding carboxylic acids is 2. The van der Waals surface area contributed by atoms with Crippen molar-refractivity contribution in [3.8, 4) is 0 Å². The van der Waals surface area contributed by atoms with Gasteiger partial charge in [-0.3, -0.25) is 0 Å². The minimum atomic E-state index is -4.04. The first-order valence-electron chi connectivity index (χ1n) is 16.3. The Morgan fingerprint density at radius 1 is 0.654 bits per heavy atom. The van der Waals surface area contributed by atoms with E-state index in [-0.39, 0.29) is 50.3 Å². The Bertz CT molecular complexity index is 2120. The number of nitrogens with zero attached hydrogens (tertiary/aromatic N) is 1. The molecule has 4 amide bonds. The molecule has 2 aliphatic rings. The lowest BCUT2D eigenvalue weighted by atomic mass is 10.0. The van der Waals surface area contributed by atoms with Crippen LogP contribution in [-0.2, 0) is 45.7 Å². The maximum Gasteiger partial charge on any atom is 0.333 e. The van der Waals surface area contributed by atoms with Gasteiger partial charge in [0.2, 0.25) is 0 Å². The number of hydrogen-bond donors (Lipinski definition) is 5. The molecule has 0 saturated carbocycles. The Hall–Kier alpha value is -3.96. The smallest absolute Gasteiger partial charge is 0.333 e. The molecule has 12 nitrogen and oxygen atoms in total. The van der Waals surface area contributed by atoms with Crippen LogP contribution in [0.25, 0.3) is 0 Å².